The molecule has 0 saturated carbocycles. The number of aromatic nitrogens is 1. The van der Waals surface area contributed by atoms with Gasteiger partial charge in [-0.1, -0.05) is 18.2 Å². The molecule has 0 spiro atoms. The summed E-state index contributed by atoms with van der Waals surface area (Å²) in [5.41, 5.74) is 1.84. The Labute approximate surface area is 168 Å². The number of piperidine rings is 1. The van der Waals surface area contributed by atoms with E-state index in [2.05, 4.69) is 5.32 Å². The van der Waals surface area contributed by atoms with Gasteiger partial charge in [-0.2, -0.15) is 0 Å². The molecular weight excluding hydrogens is 373 g/mol. The molecule has 2 atom stereocenters. The van der Waals surface area contributed by atoms with Gasteiger partial charge < -0.3 is 14.8 Å². The smallest absolute Gasteiger partial charge is 0.250 e. The van der Waals surface area contributed by atoms with Crippen LogP contribution in [0.15, 0.2) is 47.3 Å². The van der Waals surface area contributed by atoms with Gasteiger partial charge in [0.25, 0.3) is 5.56 Å². The van der Waals surface area contributed by atoms with Gasteiger partial charge in [-0.3, -0.25) is 14.4 Å². The maximum Gasteiger partial charge on any atom is 0.250 e. The lowest BCUT2D eigenvalue weighted by atomic mass is 9.83. The van der Waals surface area contributed by atoms with Crippen LogP contribution < -0.4 is 10.9 Å². The number of amides is 2. The Bertz CT molecular complexity index is 970. The minimum absolute atomic E-state index is 0.0230. The number of hydrogen-bond acceptors (Lipinski definition) is 3. The molecule has 1 N–H and O–H groups in total. The van der Waals surface area contributed by atoms with Crippen LogP contribution in [0.5, 0.6) is 0 Å². The van der Waals surface area contributed by atoms with Crippen LogP contribution in [0.3, 0.4) is 0 Å². The molecule has 2 amide bonds. The van der Waals surface area contributed by atoms with E-state index in [-0.39, 0.29) is 47.9 Å². The SMILES string of the molecule is O=C(CCC(=O)N1CC2C[C@@H](C1)c1cccc(=O)n1C2)NCc1ccc(F)cc1. The van der Waals surface area contributed by atoms with Crippen LogP contribution in [0.25, 0.3) is 0 Å². The Morgan fingerprint density at radius 3 is 2.62 bits per heavy atom. The lowest BCUT2D eigenvalue weighted by molar-refractivity contribution is -0.136. The Kier molecular flexibility index (Phi) is 5.47. The molecule has 2 bridgehead atoms. The Hall–Kier alpha value is -2.96. The van der Waals surface area contributed by atoms with Crippen LogP contribution in [0.2, 0.25) is 0 Å². The molecule has 1 fully saturated rings. The zero-order chi connectivity index (χ0) is 20.4. The molecule has 1 aromatic heterocycles. The van der Waals surface area contributed by atoms with Gasteiger partial charge in [0, 0.05) is 56.7 Å². The van der Waals surface area contributed by atoms with E-state index < -0.39 is 0 Å². The first-order valence-electron chi connectivity index (χ1n) is 9.98. The number of hydrogen-bond donors (Lipinski definition) is 1. The lowest BCUT2D eigenvalue weighted by Gasteiger charge is -2.42. The molecule has 3 heterocycles. The van der Waals surface area contributed by atoms with Gasteiger partial charge in [-0.25, -0.2) is 4.39 Å². The molecule has 7 heteroatoms. The van der Waals surface area contributed by atoms with Gasteiger partial charge in [0.2, 0.25) is 11.8 Å². The maximum absolute atomic E-state index is 12.9. The number of likely N-dealkylation sites (tertiary alicyclic amines) is 1. The normalized spacial score (nSPS) is 20.1. The van der Waals surface area contributed by atoms with Crippen molar-refractivity contribution in [3.05, 3.63) is 69.9 Å². The number of carbonyl (C=O) groups excluding carboxylic acids is 2. The molecule has 2 aliphatic heterocycles. The zero-order valence-corrected chi connectivity index (χ0v) is 16.1. The fraction of sp³-hybridized carbons (Fsp3) is 0.409. The number of nitrogens with one attached hydrogen (secondary N) is 1. The third-order valence-electron chi connectivity index (χ3n) is 5.80. The van der Waals surface area contributed by atoms with E-state index in [1.165, 1.54) is 12.1 Å². The molecule has 2 aromatic rings. The standard InChI is InChI=1S/C22H24FN3O3/c23-18-6-4-15(5-7-18)11-24-20(27)8-9-21(28)25-12-16-10-17(14-25)19-2-1-3-22(29)26(19)13-16/h1-7,16-17H,8-14H2,(H,24,27)/t16?,17-/m0/s1. The minimum atomic E-state index is -0.315. The van der Waals surface area contributed by atoms with Crippen LogP contribution in [0, 0.1) is 11.7 Å². The topological polar surface area (TPSA) is 71.4 Å². The number of benzene rings is 1. The van der Waals surface area contributed by atoms with Crippen molar-refractivity contribution in [2.24, 2.45) is 5.92 Å². The summed E-state index contributed by atoms with van der Waals surface area (Å²) in [4.78, 5) is 38.7. The number of fused-ring (bicyclic) bond motifs is 4. The molecule has 29 heavy (non-hydrogen) atoms. The second kappa shape index (κ2) is 8.19. The highest BCUT2D eigenvalue weighted by Gasteiger charge is 2.36. The highest BCUT2D eigenvalue weighted by atomic mass is 19.1. The molecule has 0 aliphatic carbocycles. The zero-order valence-electron chi connectivity index (χ0n) is 16.1. The van der Waals surface area contributed by atoms with Crippen LogP contribution in [0.1, 0.15) is 36.4 Å². The third kappa shape index (κ3) is 4.39. The molecule has 1 aromatic carbocycles. The van der Waals surface area contributed by atoms with E-state index in [0.717, 1.165) is 17.7 Å². The van der Waals surface area contributed by atoms with Crippen LogP contribution >= 0.6 is 0 Å². The van der Waals surface area contributed by atoms with Crippen molar-refractivity contribution in [3.8, 4) is 0 Å². The fourth-order valence-electron chi connectivity index (χ4n) is 4.37. The molecule has 2 aliphatic rings. The van der Waals surface area contributed by atoms with Crippen molar-refractivity contribution in [2.75, 3.05) is 13.1 Å². The van der Waals surface area contributed by atoms with E-state index in [4.69, 9.17) is 0 Å². The van der Waals surface area contributed by atoms with Crippen LogP contribution in [-0.2, 0) is 22.7 Å². The van der Waals surface area contributed by atoms with Gasteiger partial charge in [0.05, 0.1) is 0 Å². The van der Waals surface area contributed by atoms with E-state index in [1.54, 1.807) is 24.3 Å². The molecule has 1 saturated heterocycles. The summed E-state index contributed by atoms with van der Waals surface area (Å²) >= 11 is 0. The number of halogens is 1. The largest absolute Gasteiger partial charge is 0.352 e. The molecule has 4 rings (SSSR count). The van der Waals surface area contributed by atoms with Gasteiger partial charge >= 0.3 is 0 Å². The first-order valence-corrected chi connectivity index (χ1v) is 9.98. The Balaban J connectivity index is 1.29. The van der Waals surface area contributed by atoms with Crippen LogP contribution in [0.4, 0.5) is 4.39 Å². The van der Waals surface area contributed by atoms with Gasteiger partial charge in [0.15, 0.2) is 0 Å². The predicted molar refractivity (Wildman–Crippen MR) is 106 cm³/mol. The van der Waals surface area contributed by atoms with Crippen molar-refractivity contribution < 1.29 is 14.0 Å². The second-order valence-electron chi connectivity index (χ2n) is 7.90. The van der Waals surface area contributed by atoms with E-state index >= 15 is 0 Å². The minimum Gasteiger partial charge on any atom is -0.352 e. The quantitative estimate of drug-likeness (QED) is 0.839. The monoisotopic (exact) mass is 397 g/mol. The average molecular weight is 397 g/mol. The van der Waals surface area contributed by atoms with Crippen LogP contribution in [-0.4, -0.2) is 34.4 Å². The third-order valence-corrected chi connectivity index (χ3v) is 5.80. The number of pyridine rings is 1. The first-order chi connectivity index (χ1) is 14.0. The van der Waals surface area contributed by atoms with E-state index in [0.29, 0.717) is 26.2 Å². The fourth-order valence-corrected chi connectivity index (χ4v) is 4.37. The number of carbonyl (C=O) groups is 2. The number of rotatable bonds is 5. The summed E-state index contributed by atoms with van der Waals surface area (Å²) in [6.07, 6.45) is 1.28. The summed E-state index contributed by atoms with van der Waals surface area (Å²) in [7, 11) is 0. The van der Waals surface area contributed by atoms with Crippen molar-refractivity contribution in [3.63, 3.8) is 0 Å². The van der Waals surface area contributed by atoms with Gasteiger partial charge in [0.1, 0.15) is 5.82 Å². The predicted octanol–water partition coefficient (Wildman–Crippen LogP) is 2.03. The first kappa shape index (κ1) is 19.4. The van der Waals surface area contributed by atoms with Crippen molar-refractivity contribution in [2.45, 2.75) is 38.3 Å². The molecule has 6 nitrogen and oxygen atoms in total. The van der Waals surface area contributed by atoms with Crippen molar-refractivity contribution in [1.29, 1.82) is 0 Å². The maximum atomic E-state index is 12.9. The van der Waals surface area contributed by atoms with E-state index in [1.807, 2.05) is 15.5 Å². The highest BCUT2D eigenvalue weighted by Crippen LogP contribution is 2.35. The van der Waals surface area contributed by atoms with Gasteiger partial charge in [-0.15, -0.1) is 0 Å². The summed E-state index contributed by atoms with van der Waals surface area (Å²) in [6, 6.07) is 11.3. The molecular formula is C22H24FN3O3. The Morgan fingerprint density at radius 1 is 1.03 bits per heavy atom. The van der Waals surface area contributed by atoms with E-state index in [9.17, 15) is 18.8 Å². The molecule has 1 unspecified atom stereocenters. The van der Waals surface area contributed by atoms with Crippen molar-refractivity contribution >= 4 is 11.8 Å². The second-order valence-corrected chi connectivity index (χ2v) is 7.90. The number of nitrogens with zero attached hydrogens (tertiary/aromatic N) is 2. The summed E-state index contributed by atoms with van der Waals surface area (Å²) in [6.45, 7) is 2.18. The Morgan fingerprint density at radius 2 is 1.83 bits per heavy atom. The van der Waals surface area contributed by atoms with Crippen molar-refractivity contribution in [1.82, 2.24) is 14.8 Å². The summed E-state index contributed by atoms with van der Waals surface area (Å²) < 4.78 is 14.7. The average Bonchev–Trinajstić information content (AvgIpc) is 2.72. The summed E-state index contributed by atoms with van der Waals surface area (Å²) in [5, 5.41) is 2.77. The summed E-state index contributed by atoms with van der Waals surface area (Å²) in [5.74, 6) is -0.0881. The molecule has 0 radical (unpaired) electrons. The molecule has 152 valence electrons. The highest BCUT2D eigenvalue weighted by molar-refractivity contribution is 5.83. The van der Waals surface area contributed by atoms with Gasteiger partial charge in [-0.05, 0) is 36.1 Å². The lowest BCUT2D eigenvalue weighted by Crippen LogP contribution is -2.49.